The quantitative estimate of drug-likeness (QED) is 0.759. The Balaban J connectivity index is 1.28. The Morgan fingerprint density at radius 1 is 1.12 bits per heavy atom. The summed E-state index contributed by atoms with van der Waals surface area (Å²) in [5.41, 5.74) is 3.91. The number of hydrogen-bond donors (Lipinski definition) is 1. The van der Waals surface area contributed by atoms with Gasteiger partial charge in [0, 0.05) is 38.3 Å². The highest BCUT2D eigenvalue weighted by Crippen LogP contribution is 2.49. The Morgan fingerprint density at radius 2 is 1.81 bits per heavy atom. The van der Waals surface area contributed by atoms with Crippen LogP contribution >= 0.6 is 0 Å². The fourth-order valence-electron chi connectivity index (χ4n) is 5.71. The first-order valence-corrected chi connectivity index (χ1v) is 11.0. The summed E-state index contributed by atoms with van der Waals surface area (Å²) in [4.78, 5) is 28.3. The Kier molecular flexibility index (Phi) is 5.02. The van der Waals surface area contributed by atoms with E-state index < -0.39 is 11.7 Å². The molecule has 1 N–H and O–H groups in total. The van der Waals surface area contributed by atoms with Crippen LogP contribution < -0.4 is 5.43 Å². The van der Waals surface area contributed by atoms with Gasteiger partial charge in [0.15, 0.2) is 5.71 Å². The molecule has 1 unspecified atom stereocenters. The molecular formula is C23H25F3N4O2. The van der Waals surface area contributed by atoms with Gasteiger partial charge in [-0.2, -0.15) is 18.3 Å². The molecule has 1 aromatic carbocycles. The fraction of sp³-hybridized carbons (Fsp3) is 0.522. The van der Waals surface area contributed by atoms with Gasteiger partial charge in [0.1, 0.15) is 0 Å². The van der Waals surface area contributed by atoms with Crippen molar-refractivity contribution in [3.05, 3.63) is 47.2 Å². The molecule has 4 aliphatic rings. The number of benzene rings is 1. The van der Waals surface area contributed by atoms with E-state index in [2.05, 4.69) is 10.5 Å². The third kappa shape index (κ3) is 3.57. The van der Waals surface area contributed by atoms with E-state index in [1.807, 2.05) is 0 Å². The number of alkyl halides is 3. The molecule has 2 amide bonds. The second-order valence-corrected chi connectivity index (χ2v) is 9.21. The van der Waals surface area contributed by atoms with Crippen molar-refractivity contribution in [1.29, 1.82) is 0 Å². The number of hydrogen-bond acceptors (Lipinski definition) is 4. The summed E-state index contributed by atoms with van der Waals surface area (Å²) in [5, 5.41) is 4.26. The third-order valence-corrected chi connectivity index (χ3v) is 7.29. The maximum atomic E-state index is 13.4. The molecule has 9 heteroatoms. The highest BCUT2D eigenvalue weighted by molar-refractivity contribution is 6.46. The molecular weight excluding hydrogens is 421 g/mol. The SMILES string of the molecule is CC(=O)N1C=C2C(C(=O)N3C[C@H]4C[C@@H](c5ccccc5C(F)(F)F)C[C@H]4C3)=NNC2CC1. The lowest BCUT2D eigenvalue weighted by Gasteiger charge is -2.27. The number of carbonyl (C=O) groups is 2. The fourth-order valence-corrected chi connectivity index (χ4v) is 5.71. The molecule has 4 atom stereocenters. The van der Waals surface area contributed by atoms with Crippen molar-refractivity contribution < 1.29 is 22.8 Å². The van der Waals surface area contributed by atoms with E-state index in [1.165, 1.54) is 13.0 Å². The second-order valence-electron chi connectivity index (χ2n) is 9.21. The Morgan fingerprint density at radius 3 is 2.47 bits per heavy atom. The summed E-state index contributed by atoms with van der Waals surface area (Å²) in [6, 6.07) is 5.78. The summed E-state index contributed by atoms with van der Waals surface area (Å²) in [6.45, 7) is 3.14. The molecule has 32 heavy (non-hydrogen) atoms. The van der Waals surface area contributed by atoms with Crippen LogP contribution in [0.4, 0.5) is 13.2 Å². The Hall–Kier alpha value is -2.84. The zero-order valence-electron chi connectivity index (χ0n) is 17.7. The second kappa shape index (κ2) is 7.64. The highest BCUT2D eigenvalue weighted by atomic mass is 19.4. The summed E-state index contributed by atoms with van der Waals surface area (Å²) < 4.78 is 40.3. The minimum Gasteiger partial charge on any atom is -0.337 e. The summed E-state index contributed by atoms with van der Waals surface area (Å²) in [7, 11) is 0. The summed E-state index contributed by atoms with van der Waals surface area (Å²) in [6.07, 6.45) is -0.654. The largest absolute Gasteiger partial charge is 0.416 e. The monoisotopic (exact) mass is 446 g/mol. The van der Waals surface area contributed by atoms with Gasteiger partial charge in [-0.3, -0.25) is 9.59 Å². The van der Waals surface area contributed by atoms with Gasteiger partial charge >= 0.3 is 6.18 Å². The van der Waals surface area contributed by atoms with Gasteiger partial charge in [-0.05, 0) is 48.6 Å². The molecule has 0 radical (unpaired) electrons. The number of likely N-dealkylation sites (tertiary alicyclic amines) is 1. The molecule has 6 nitrogen and oxygen atoms in total. The van der Waals surface area contributed by atoms with E-state index in [1.54, 1.807) is 28.1 Å². The minimum absolute atomic E-state index is 0.0603. The molecule has 1 saturated heterocycles. The molecule has 1 aromatic rings. The van der Waals surface area contributed by atoms with Gasteiger partial charge in [0.05, 0.1) is 11.6 Å². The van der Waals surface area contributed by atoms with Crippen LogP contribution in [0.2, 0.25) is 0 Å². The third-order valence-electron chi connectivity index (χ3n) is 7.29. The number of nitrogens with one attached hydrogen (secondary N) is 1. The number of hydrazone groups is 1. The van der Waals surface area contributed by atoms with Crippen LogP contribution in [-0.4, -0.2) is 53.0 Å². The number of halogens is 3. The van der Waals surface area contributed by atoms with Gasteiger partial charge in [-0.15, -0.1) is 0 Å². The van der Waals surface area contributed by atoms with Gasteiger partial charge in [-0.1, -0.05) is 18.2 Å². The van der Waals surface area contributed by atoms with Crippen LogP contribution in [0.1, 0.15) is 43.2 Å². The van der Waals surface area contributed by atoms with Crippen LogP contribution in [0, 0.1) is 11.8 Å². The van der Waals surface area contributed by atoms with E-state index in [9.17, 15) is 22.8 Å². The molecule has 3 heterocycles. The van der Waals surface area contributed by atoms with Crippen molar-refractivity contribution in [2.45, 2.75) is 44.3 Å². The number of carbonyl (C=O) groups excluding carboxylic acids is 2. The van der Waals surface area contributed by atoms with E-state index in [0.29, 0.717) is 50.2 Å². The molecule has 0 spiro atoms. The summed E-state index contributed by atoms with van der Waals surface area (Å²) >= 11 is 0. The lowest BCUT2D eigenvalue weighted by atomic mass is 9.91. The maximum Gasteiger partial charge on any atom is 0.416 e. The zero-order chi connectivity index (χ0) is 22.6. The first-order valence-electron chi connectivity index (χ1n) is 11.0. The van der Waals surface area contributed by atoms with Crippen molar-refractivity contribution in [1.82, 2.24) is 15.2 Å². The van der Waals surface area contributed by atoms with Crippen molar-refractivity contribution in [3.8, 4) is 0 Å². The van der Waals surface area contributed by atoms with Crippen LogP contribution in [0.5, 0.6) is 0 Å². The van der Waals surface area contributed by atoms with Gasteiger partial charge in [0.25, 0.3) is 5.91 Å². The van der Waals surface area contributed by atoms with E-state index in [4.69, 9.17) is 0 Å². The molecule has 5 rings (SSSR count). The normalized spacial score (nSPS) is 29.2. The number of fused-ring (bicyclic) bond motifs is 2. The Labute approximate surface area is 184 Å². The molecule has 1 saturated carbocycles. The maximum absolute atomic E-state index is 13.4. The minimum atomic E-state index is -4.36. The predicted molar refractivity (Wildman–Crippen MR) is 111 cm³/mol. The number of rotatable bonds is 2. The van der Waals surface area contributed by atoms with Crippen LogP contribution in [-0.2, 0) is 15.8 Å². The standard InChI is InChI=1S/C23H25F3N4O2/c1-13(31)29-7-6-20-18(12-29)21(28-27-20)22(32)30-10-15-8-14(9-16(15)11-30)17-4-2-3-5-19(17)23(24,25)26/h2-5,12,14-16,20,27H,6-11H2,1H3/t14-,15-,16+,20?. The molecule has 3 aliphatic heterocycles. The van der Waals surface area contributed by atoms with Crippen molar-refractivity contribution >= 4 is 17.5 Å². The lowest BCUT2D eigenvalue weighted by molar-refractivity contribution is -0.138. The van der Waals surface area contributed by atoms with Gasteiger partial charge in [-0.25, -0.2) is 0 Å². The predicted octanol–water partition coefficient (Wildman–Crippen LogP) is 3.12. The molecule has 0 bridgehead atoms. The average Bonchev–Trinajstić information content (AvgIpc) is 3.45. The first kappa shape index (κ1) is 21.0. The molecule has 170 valence electrons. The van der Waals surface area contributed by atoms with Gasteiger partial charge in [0.2, 0.25) is 5.91 Å². The molecule has 2 fully saturated rings. The zero-order valence-corrected chi connectivity index (χ0v) is 17.7. The van der Waals surface area contributed by atoms with Gasteiger partial charge < -0.3 is 15.2 Å². The summed E-state index contributed by atoms with van der Waals surface area (Å²) in [5.74, 6) is -0.0101. The van der Waals surface area contributed by atoms with Crippen LogP contribution in [0.25, 0.3) is 0 Å². The van der Waals surface area contributed by atoms with E-state index in [-0.39, 0.29) is 35.6 Å². The Bertz CT molecular complexity index is 1000. The van der Waals surface area contributed by atoms with Crippen LogP contribution in [0.15, 0.2) is 41.1 Å². The highest BCUT2D eigenvalue weighted by Gasteiger charge is 2.46. The number of nitrogens with zero attached hydrogens (tertiary/aromatic N) is 3. The van der Waals surface area contributed by atoms with Crippen molar-refractivity contribution in [3.63, 3.8) is 0 Å². The van der Waals surface area contributed by atoms with Crippen LogP contribution in [0.3, 0.4) is 0 Å². The molecule has 0 aromatic heterocycles. The average molecular weight is 446 g/mol. The van der Waals surface area contributed by atoms with E-state index >= 15 is 0 Å². The topological polar surface area (TPSA) is 65.0 Å². The van der Waals surface area contributed by atoms with E-state index in [0.717, 1.165) is 11.6 Å². The first-order chi connectivity index (χ1) is 15.2. The van der Waals surface area contributed by atoms with Crippen molar-refractivity contribution in [2.24, 2.45) is 16.9 Å². The smallest absolute Gasteiger partial charge is 0.337 e. The van der Waals surface area contributed by atoms with Crippen molar-refractivity contribution in [2.75, 3.05) is 19.6 Å². The number of amides is 2. The lowest BCUT2D eigenvalue weighted by Crippen LogP contribution is -2.40. The molecule has 1 aliphatic carbocycles.